The number of halogens is 7. The molecule has 1 aliphatic rings. The van der Waals surface area contributed by atoms with E-state index in [9.17, 15) is 35.5 Å². The lowest BCUT2D eigenvalue weighted by Crippen LogP contribution is -2.33. The molecule has 3 unspecified atom stereocenters. The summed E-state index contributed by atoms with van der Waals surface area (Å²) in [6.07, 6.45) is -4.64. The molecule has 13 heteroatoms. The molecule has 0 radical (unpaired) electrons. The molecule has 3 atom stereocenters. The summed E-state index contributed by atoms with van der Waals surface area (Å²) in [7, 11) is 0. The van der Waals surface area contributed by atoms with Gasteiger partial charge in [-0.1, -0.05) is 13.0 Å². The maximum Gasteiger partial charge on any atom is 0.414 e. The molecule has 1 aromatic heterocycles. The number of amides is 1. The molecular formula is C20H19F7N2O4. The number of aliphatic hydroxyl groups excluding tert-OH is 1. The molecule has 6 nitrogen and oxygen atoms in total. The van der Waals surface area contributed by atoms with Gasteiger partial charge in [-0.25, -0.2) is 4.39 Å². The average molecular weight is 484 g/mol. The fraction of sp³-hybridized carbons (Fsp3) is 0.400. The van der Waals surface area contributed by atoms with Crippen molar-refractivity contribution in [1.29, 1.82) is 0 Å². The van der Waals surface area contributed by atoms with Crippen LogP contribution in [0.25, 0.3) is 0 Å². The lowest BCUT2D eigenvalue weighted by Gasteiger charge is -2.22. The van der Waals surface area contributed by atoms with Gasteiger partial charge in [0.05, 0.1) is 18.9 Å². The van der Waals surface area contributed by atoms with Crippen LogP contribution in [-0.4, -0.2) is 42.0 Å². The number of nitrogens with zero attached hydrogens (tertiary/aromatic N) is 1. The number of hydrogen-bond donors (Lipinski definition) is 2. The number of rotatable bonds is 6. The Morgan fingerprint density at radius 1 is 1.30 bits per heavy atom. The van der Waals surface area contributed by atoms with Crippen LogP contribution in [0.3, 0.4) is 0 Å². The van der Waals surface area contributed by atoms with Crippen molar-refractivity contribution >= 4 is 12.1 Å². The van der Waals surface area contributed by atoms with Gasteiger partial charge in [0, 0.05) is 29.3 Å². The monoisotopic (exact) mass is 484 g/mol. The lowest BCUT2D eigenvalue weighted by atomic mass is 9.86. The first kappa shape index (κ1) is 26.3. The molecule has 0 saturated carbocycles. The first-order valence-corrected chi connectivity index (χ1v) is 9.36. The third-order valence-corrected chi connectivity index (χ3v) is 4.78. The fourth-order valence-corrected chi connectivity index (χ4v) is 3.26. The molecule has 0 aliphatic carbocycles. The Morgan fingerprint density at radius 2 is 2.00 bits per heavy atom. The van der Waals surface area contributed by atoms with Crippen molar-refractivity contribution in [3.8, 4) is 5.75 Å². The third kappa shape index (κ3) is 6.78. The van der Waals surface area contributed by atoms with Crippen molar-refractivity contribution in [3.63, 3.8) is 0 Å². The minimum Gasteiger partial charge on any atom is -0.431 e. The quantitative estimate of drug-likeness (QED) is 0.470. The summed E-state index contributed by atoms with van der Waals surface area (Å²) in [5, 5.41) is 11.1. The van der Waals surface area contributed by atoms with E-state index in [4.69, 9.17) is 5.11 Å². The highest BCUT2D eigenvalue weighted by Crippen LogP contribution is 2.45. The summed E-state index contributed by atoms with van der Waals surface area (Å²) < 4.78 is 98.3. The molecule has 1 aliphatic heterocycles. The van der Waals surface area contributed by atoms with Crippen LogP contribution in [-0.2, 0) is 16.1 Å². The molecule has 182 valence electrons. The van der Waals surface area contributed by atoms with Gasteiger partial charge in [0.25, 0.3) is 0 Å². The van der Waals surface area contributed by atoms with Gasteiger partial charge in [-0.2, -0.15) is 26.3 Å². The Kier molecular flexibility index (Phi) is 8.99. The molecule has 1 fully saturated rings. The van der Waals surface area contributed by atoms with Crippen LogP contribution in [0.1, 0.15) is 24.1 Å². The predicted octanol–water partition coefficient (Wildman–Crippen LogP) is 4.39. The number of carbonyl (C=O) groups is 1. The second-order valence-corrected chi connectivity index (χ2v) is 6.88. The summed E-state index contributed by atoms with van der Waals surface area (Å²) in [5.41, 5.74) is 0.898. The average Bonchev–Trinajstić information content (AvgIpc) is 3.14. The summed E-state index contributed by atoms with van der Waals surface area (Å²) in [5.74, 6) is -6.39. The van der Waals surface area contributed by atoms with Crippen molar-refractivity contribution in [2.24, 2.45) is 5.92 Å². The molecule has 2 heterocycles. The van der Waals surface area contributed by atoms with Crippen molar-refractivity contribution < 1.29 is 50.1 Å². The van der Waals surface area contributed by atoms with E-state index in [1.165, 1.54) is 13.1 Å². The zero-order valence-corrected chi connectivity index (χ0v) is 17.0. The van der Waals surface area contributed by atoms with Crippen molar-refractivity contribution in [1.82, 2.24) is 4.98 Å². The smallest absolute Gasteiger partial charge is 0.414 e. The largest absolute Gasteiger partial charge is 0.431 e. The summed E-state index contributed by atoms with van der Waals surface area (Å²) in [6, 6.07) is 4.83. The van der Waals surface area contributed by atoms with Crippen LogP contribution < -0.4 is 10.1 Å². The number of alkyl halides is 5. The van der Waals surface area contributed by atoms with Crippen LogP contribution in [0.5, 0.6) is 5.75 Å². The van der Waals surface area contributed by atoms with Gasteiger partial charge in [0.15, 0.2) is 17.7 Å². The van der Waals surface area contributed by atoms with E-state index in [0.717, 1.165) is 6.07 Å². The van der Waals surface area contributed by atoms with Gasteiger partial charge in [-0.05, 0) is 18.2 Å². The number of pyridine rings is 1. The van der Waals surface area contributed by atoms with Crippen LogP contribution in [0, 0.1) is 17.6 Å². The second kappa shape index (κ2) is 11.3. The Balaban J connectivity index is 0.000000294. The van der Waals surface area contributed by atoms with Crippen molar-refractivity contribution in [2.45, 2.75) is 38.3 Å². The molecule has 1 saturated heterocycles. The minimum atomic E-state index is -4.64. The third-order valence-electron chi connectivity index (χ3n) is 4.78. The summed E-state index contributed by atoms with van der Waals surface area (Å²) >= 11 is 0. The van der Waals surface area contributed by atoms with E-state index in [1.54, 1.807) is 12.1 Å². The Bertz CT molecular complexity index is 943. The number of benzene rings is 1. The molecule has 0 spiro atoms. The van der Waals surface area contributed by atoms with Crippen LogP contribution in [0.4, 0.5) is 36.4 Å². The maximum absolute atomic E-state index is 13.6. The Hall–Kier alpha value is -2.93. The van der Waals surface area contributed by atoms with Gasteiger partial charge >= 0.3 is 12.8 Å². The molecule has 1 amide bonds. The molecule has 33 heavy (non-hydrogen) atoms. The summed E-state index contributed by atoms with van der Waals surface area (Å²) in [6.45, 7) is -2.82. The number of ether oxygens (including phenoxy) is 2. The number of nitrogens with one attached hydrogen (secondary N) is 1. The van der Waals surface area contributed by atoms with Crippen molar-refractivity contribution in [2.75, 3.05) is 11.9 Å². The van der Waals surface area contributed by atoms with Crippen LogP contribution in [0.15, 0.2) is 30.5 Å². The van der Waals surface area contributed by atoms with E-state index in [1.807, 2.05) is 0 Å². The standard InChI is InChI=1S/C13H11F7O2.C7H8N2O2/c1-5-7(4-21-11(5)13(18,19)20)6-2-3-8(14)9(15)10(6)22-12(16)17;10-4-7-3-6(9-5-11)1-2-8-7/h2-3,5,7,11-12H,4H2,1H3;1-3,5,10H,4H2,(H,8,9,11). The highest BCUT2D eigenvalue weighted by Gasteiger charge is 2.51. The first-order chi connectivity index (χ1) is 15.5. The SMILES string of the molecule is CC1C(c2ccc(F)c(F)c2OC(F)F)COC1C(F)(F)F.O=CNc1ccnc(CO)c1. The number of anilines is 1. The zero-order valence-electron chi connectivity index (χ0n) is 17.0. The van der Waals surface area contributed by atoms with E-state index in [0.29, 0.717) is 23.9 Å². The van der Waals surface area contributed by atoms with Gasteiger partial charge in [-0.3, -0.25) is 9.78 Å². The van der Waals surface area contributed by atoms with E-state index < -0.39 is 54.7 Å². The van der Waals surface area contributed by atoms with Gasteiger partial charge < -0.3 is 19.9 Å². The van der Waals surface area contributed by atoms with E-state index in [-0.39, 0.29) is 12.2 Å². The second-order valence-electron chi connectivity index (χ2n) is 6.88. The topological polar surface area (TPSA) is 80.7 Å². The number of carbonyl (C=O) groups excluding carboxylic acids is 1. The normalized spacial score (nSPS) is 20.2. The highest BCUT2D eigenvalue weighted by atomic mass is 19.4. The number of aliphatic hydroxyl groups is 1. The molecular weight excluding hydrogens is 465 g/mol. The first-order valence-electron chi connectivity index (χ1n) is 9.36. The fourth-order valence-electron chi connectivity index (χ4n) is 3.26. The summed E-state index contributed by atoms with van der Waals surface area (Å²) in [4.78, 5) is 13.8. The van der Waals surface area contributed by atoms with Crippen LogP contribution in [0.2, 0.25) is 0 Å². The van der Waals surface area contributed by atoms with Crippen molar-refractivity contribution in [3.05, 3.63) is 53.4 Å². The highest BCUT2D eigenvalue weighted by molar-refractivity contribution is 5.70. The molecule has 0 bridgehead atoms. The molecule has 3 rings (SSSR count). The lowest BCUT2D eigenvalue weighted by molar-refractivity contribution is -0.215. The van der Waals surface area contributed by atoms with E-state index >= 15 is 0 Å². The molecule has 1 aromatic carbocycles. The Labute approximate surface area is 183 Å². The minimum absolute atomic E-state index is 0.117. The van der Waals surface area contributed by atoms with Crippen LogP contribution >= 0.6 is 0 Å². The number of aromatic nitrogens is 1. The van der Waals surface area contributed by atoms with Gasteiger partial charge in [0.1, 0.15) is 0 Å². The predicted molar refractivity (Wildman–Crippen MR) is 101 cm³/mol. The van der Waals surface area contributed by atoms with E-state index in [2.05, 4.69) is 19.8 Å². The Morgan fingerprint density at radius 3 is 2.55 bits per heavy atom. The molecule has 2 N–H and O–H groups in total. The molecule has 2 aromatic rings. The number of hydrogen-bond acceptors (Lipinski definition) is 5. The zero-order chi connectivity index (χ0) is 24.8. The van der Waals surface area contributed by atoms with Gasteiger partial charge in [-0.15, -0.1) is 0 Å². The maximum atomic E-state index is 13.6. The van der Waals surface area contributed by atoms with Gasteiger partial charge in [0.2, 0.25) is 12.2 Å².